The van der Waals surface area contributed by atoms with Crippen molar-refractivity contribution >= 4 is 5.84 Å². The van der Waals surface area contributed by atoms with Gasteiger partial charge in [0.25, 0.3) is 0 Å². The van der Waals surface area contributed by atoms with Crippen LogP contribution in [-0.4, -0.2) is 10.9 Å². The van der Waals surface area contributed by atoms with E-state index in [0.717, 1.165) is 0 Å². The maximum atomic E-state index is 13.7. The van der Waals surface area contributed by atoms with Crippen molar-refractivity contribution in [2.75, 3.05) is 0 Å². The number of aromatic hydroxyl groups is 1. The Balaban J connectivity index is 3.77. The molecule has 0 heterocycles. The lowest BCUT2D eigenvalue weighted by Crippen LogP contribution is -2.22. The second kappa shape index (κ2) is 3.94. The maximum absolute atomic E-state index is 13.7. The number of hydrogen-bond acceptors (Lipinski definition) is 2. The summed E-state index contributed by atoms with van der Waals surface area (Å²) in [6.07, 6.45) is 0. The molecule has 0 radical (unpaired) electrons. The van der Waals surface area contributed by atoms with E-state index < -0.39 is 45.6 Å². The Morgan fingerprint density at radius 2 is 1.59 bits per heavy atom. The Labute approximate surface area is 96.6 Å². The van der Waals surface area contributed by atoms with Gasteiger partial charge in [0.05, 0.1) is 5.56 Å². The zero-order valence-electron chi connectivity index (χ0n) is 9.66. The van der Waals surface area contributed by atoms with Crippen LogP contribution >= 0.6 is 0 Å². The first-order valence-corrected chi connectivity index (χ1v) is 4.83. The molecule has 3 nitrogen and oxygen atoms in total. The van der Waals surface area contributed by atoms with E-state index in [1.165, 1.54) is 20.8 Å². The van der Waals surface area contributed by atoms with Crippen LogP contribution in [0.1, 0.15) is 31.9 Å². The number of nitrogens with one attached hydrogen (secondary N) is 1. The van der Waals surface area contributed by atoms with Crippen LogP contribution < -0.4 is 5.73 Å². The first-order chi connectivity index (χ1) is 7.59. The van der Waals surface area contributed by atoms with Crippen molar-refractivity contribution in [1.82, 2.24) is 0 Å². The van der Waals surface area contributed by atoms with E-state index >= 15 is 0 Å². The molecule has 0 aromatic heterocycles. The molecule has 6 heteroatoms. The van der Waals surface area contributed by atoms with Gasteiger partial charge in [0.15, 0.2) is 23.2 Å². The standard InChI is InChI=1S/C11H13F3N2O/c1-11(2,3)5-8(14)6(12)4(10(15)16)7(13)9(5)17/h17H,1-3H3,(H3,15,16). The molecular formula is C11H13F3N2O. The minimum atomic E-state index is -1.56. The molecule has 0 atom stereocenters. The quantitative estimate of drug-likeness (QED) is 0.404. The van der Waals surface area contributed by atoms with Crippen LogP contribution in [-0.2, 0) is 5.41 Å². The Bertz CT molecular complexity index is 463. The predicted molar refractivity (Wildman–Crippen MR) is 57.7 cm³/mol. The normalized spacial score (nSPS) is 11.6. The third-order valence-electron chi connectivity index (χ3n) is 2.32. The topological polar surface area (TPSA) is 70.1 Å². The van der Waals surface area contributed by atoms with Gasteiger partial charge in [-0.2, -0.15) is 0 Å². The van der Waals surface area contributed by atoms with Gasteiger partial charge in [0.2, 0.25) is 0 Å². The Kier molecular flexibility index (Phi) is 3.09. The summed E-state index contributed by atoms with van der Waals surface area (Å²) in [6, 6.07) is 0. The molecule has 0 aliphatic heterocycles. The van der Waals surface area contributed by atoms with Crippen LogP contribution in [0.2, 0.25) is 0 Å². The monoisotopic (exact) mass is 246 g/mol. The van der Waals surface area contributed by atoms with Crippen LogP contribution in [0.4, 0.5) is 13.2 Å². The van der Waals surface area contributed by atoms with Crippen molar-refractivity contribution in [3.8, 4) is 5.75 Å². The second-order valence-corrected chi connectivity index (χ2v) is 4.70. The highest BCUT2D eigenvalue weighted by Crippen LogP contribution is 2.37. The number of phenols is 1. The van der Waals surface area contributed by atoms with Crippen LogP contribution in [0.3, 0.4) is 0 Å². The lowest BCUT2D eigenvalue weighted by Gasteiger charge is -2.22. The molecule has 1 aromatic carbocycles. The molecule has 17 heavy (non-hydrogen) atoms. The zero-order valence-corrected chi connectivity index (χ0v) is 9.66. The van der Waals surface area contributed by atoms with Gasteiger partial charge in [-0.05, 0) is 5.41 Å². The number of nitrogen functional groups attached to an aromatic ring is 1. The predicted octanol–water partition coefficient (Wildman–Crippen LogP) is 2.39. The molecular weight excluding hydrogens is 233 g/mol. The van der Waals surface area contributed by atoms with Crippen LogP contribution in [0.5, 0.6) is 5.75 Å². The minimum Gasteiger partial charge on any atom is -0.505 e. The van der Waals surface area contributed by atoms with Gasteiger partial charge in [-0.25, -0.2) is 13.2 Å². The van der Waals surface area contributed by atoms with Gasteiger partial charge in [0.1, 0.15) is 5.84 Å². The minimum absolute atomic E-state index is 0.475. The highest BCUT2D eigenvalue weighted by Gasteiger charge is 2.32. The molecule has 0 saturated carbocycles. The van der Waals surface area contributed by atoms with E-state index in [0.29, 0.717) is 0 Å². The Hall–Kier alpha value is -1.72. The van der Waals surface area contributed by atoms with Gasteiger partial charge in [-0.15, -0.1) is 0 Å². The van der Waals surface area contributed by atoms with Gasteiger partial charge in [-0.3, -0.25) is 5.41 Å². The average Bonchev–Trinajstić information content (AvgIpc) is 2.12. The molecule has 0 fully saturated rings. The Morgan fingerprint density at radius 3 is 1.94 bits per heavy atom. The fourth-order valence-corrected chi connectivity index (χ4v) is 1.57. The number of benzene rings is 1. The van der Waals surface area contributed by atoms with Crippen molar-refractivity contribution in [2.45, 2.75) is 26.2 Å². The SMILES string of the molecule is CC(C)(C)c1c(O)c(F)c(C(=N)N)c(F)c1F. The molecule has 0 saturated heterocycles. The molecule has 0 aliphatic rings. The number of hydrogen-bond donors (Lipinski definition) is 3. The average molecular weight is 246 g/mol. The molecule has 0 spiro atoms. The van der Waals surface area contributed by atoms with Crippen LogP contribution in [0.25, 0.3) is 0 Å². The second-order valence-electron chi connectivity index (χ2n) is 4.70. The molecule has 94 valence electrons. The van der Waals surface area contributed by atoms with E-state index in [-0.39, 0.29) is 0 Å². The van der Waals surface area contributed by atoms with E-state index in [9.17, 15) is 18.3 Å². The summed E-state index contributed by atoms with van der Waals surface area (Å²) < 4.78 is 40.8. The highest BCUT2D eigenvalue weighted by molar-refractivity contribution is 5.96. The Morgan fingerprint density at radius 1 is 1.12 bits per heavy atom. The highest BCUT2D eigenvalue weighted by atomic mass is 19.2. The molecule has 4 N–H and O–H groups in total. The van der Waals surface area contributed by atoms with Gasteiger partial charge >= 0.3 is 0 Å². The summed E-state index contributed by atoms with van der Waals surface area (Å²) in [4.78, 5) is 0. The number of nitrogens with two attached hydrogens (primary N) is 1. The lowest BCUT2D eigenvalue weighted by molar-refractivity contribution is 0.378. The van der Waals surface area contributed by atoms with Gasteiger partial charge in [0, 0.05) is 5.56 Å². The van der Waals surface area contributed by atoms with Crippen LogP contribution in [0.15, 0.2) is 0 Å². The van der Waals surface area contributed by atoms with E-state index in [1.54, 1.807) is 0 Å². The van der Waals surface area contributed by atoms with Crippen molar-refractivity contribution in [1.29, 1.82) is 5.41 Å². The summed E-state index contributed by atoms with van der Waals surface area (Å²) in [5.74, 6) is -6.35. The van der Waals surface area contributed by atoms with Crippen LogP contribution in [0, 0.1) is 22.9 Å². The fraction of sp³-hybridized carbons (Fsp3) is 0.364. The van der Waals surface area contributed by atoms with Gasteiger partial charge in [-0.1, -0.05) is 20.8 Å². The molecule has 0 amide bonds. The molecule has 0 aliphatic carbocycles. The largest absolute Gasteiger partial charge is 0.505 e. The summed E-state index contributed by atoms with van der Waals surface area (Å²) in [5.41, 5.74) is 2.43. The van der Waals surface area contributed by atoms with E-state index in [1.807, 2.05) is 0 Å². The first-order valence-electron chi connectivity index (χ1n) is 4.83. The summed E-state index contributed by atoms with van der Waals surface area (Å²) in [7, 11) is 0. The molecule has 1 aromatic rings. The van der Waals surface area contributed by atoms with Crippen molar-refractivity contribution in [3.05, 3.63) is 28.6 Å². The number of amidine groups is 1. The molecule has 1 rings (SSSR count). The lowest BCUT2D eigenvalue weighted by atomic mass is 9.84. The molecule has 0 unspecified atom stereocenters. The number of halogens is 3. The summed E-state index contributed by atoms with van der Waals surface area (Å²) in [5, 5.41) is 16.5. The van der Waals surface area contributed by atoms with Gasteiger partial charge < -0.3 is 10.8 Å². The number of phenolic OH excluding ortho intramolecular Hbond substituents is 1. The zero-order chi connectivity index (χ0) is 13.5. The number of rotatable bonds is 1. The van der Waals surface area contributed by atoms with E-state index in [4.69, 9.17) is 11.1 Å². The third-order valence-corrected chi connectivity index (χ3v) is 2.32. The molecule has 0 bridgehead atoms. The van der Waals surface area contributed by atoms with Crippen molar-refractivity contribution in [2.24, 2.45) is 5.73 Å². The third kappa shape index (κ3) is 2.07. The van der Waals surface area contributed by atoms with Crippen molar-refractivity contribution < 1.29 is 18.3 Å². The van der Waals surface area contributed by atoms with Crippen molar-refractivity contribution in [3.63, 3.8) is 0 Å². The summed E-state index contributed by atoms with van der Waals surface area (Å²) in [6.45, 7) is 4.49. The maximum Gasteiger partial charge on any atom is 0.179 e. The first kappa shape index (κ1) is 13.3. The van der Waals surface area contributed by atoms with E-state index in [2.05, 4.69) is 0 Å². The smallest absolute Gasteiger partial charge is 0.179 e. The summed E-state index contributed by atoms with van der Waals surface area (Å²) >= 11 is 0. The fourth-order valence-electron chi connectivity index (χ4n) is 1.57.